The lowest BCUT2D eigenvalue weighted by molar-refractivity contribution is -0.231. The minimum absolute atomic E-state index is 0.0135. The minimum atomic E-state index is -2.23. The van der Waals surface area contributed by atoms with Crippen molar-refractivity contribution in [3.63, 3.8) is 0 Å². The van der Waals surface area contributed by atoms with Crippen molar-refractivity contribution in [3.05, 3.63) is 267 Å². The molecule has 11 fully saturated rings. The van der Waals surface area contributed by atoms with Crippen LogP contribution in [-0.4, -0.2) is 184 Å². The molecule has 0 radical (unpaired) electrons. The number of benzene rings is 6. The minimum Gasteiger partial charge on any atom is -0.444 e. The number of aliphatic hydroxyl groups is 8. The molecule has 13 N–H and O–H groups in total. The maximum absolute atomic E-state index is 17.5. The van der Waals surface area contributed by atoms with Gasteiger partial charge in [0.25, 0.3) is 0 Å². The van der Waals surface area contributed by atoms with Crippen molar-refractivity contribution < 1.29 is 116 Å². The quantitative estimate of drug-likeness (QED) is 0.0265. The summed E-state index contributed by atoms with van der Waals surface area (Å²) in [4.78, 5) is 98.4. The number of nitrogens with one attached hydrogen (secondary N) is 1. The maximum Gasteiger partial charge on any atom is 0.412 e. The smallest absolute Gasteiger partial charge is 0.412 e. The molecule has 2 aliphatic heterocycles. The van der Waals surface area contributed by atoms with Gasteiger partial charge >= 0.3 is 6.09 Å². The normalized spacial score (nSPS) is 37.9. The summed E-state index contributed by atoms with van der Waals surface area (Å²) in [5, 5.41) is 88.6. The number of rotatable bonds is 19. The van der Waals surface area contributed by atoms with Gasteiger partial charge in [-0.25, -0.2) is 18.0 Å². The van der Waals surface area contributed by atoms with E-state index in [1.807, 2.05) is 168 Å². The van der Waals surface area contributed by atoms with E-state index in [-0.39, 0.29) is 54.9 Å². The van der Waals surface area contributed by atoms with Crippen LogP contribution in [0.4, 0.5) is 35.0 Å². The number of alkyl halides is 3. The monoisotopic (exact) mass is 1920 g/mol. The molecule has 6 aromatic carbocycles. The van der Waals surface area contributed by atoms with Crippen molar-refractivity contribution in [2.45, 2.75) is 267 Å². The van der Waals surface area contributed by atoms with Crippen molar-refractivity contribution in [3.8, 4) is 0 Å². The average molecular weight is 1920 g/mol. The maximum atomic E-state index is 17.5. The molecule has 20 rings (SSSR count). The number of aryl methyl sites for hydroxylation is 6. The molecule has 9 saturated carbocycles. The molecule has 24 nitrogen and oxygen atoms in total. The fraction of sp³-hybridized carbons (Fsp3) is 0.504. The predicted molar refractivity (Wildman–Crippen MR) is 516 cm³/mol. The van der Waals surface area contributed by atoms with Gasteiger partial charge in [0.05, 0.1) is 36.6 Å². The molecule has 27 heteroatoms. The van der Waals surface area contributed by atoms with E-state index in [2.05, 4.69) is 17.4 Å². The van der Waals surface area contributed by atoms with Gasteiger partial charge in [-0.05, 0) is 281 Å². The highest BCUT2D eigenvalue weighted by atomic mass is 19.2. The lowest BCUT2D eigenvalue weighted by atomic mass is 9.44. The molecule has 2 heterocycles. The first-order valence-electron chi connectivity index (χ1n) is 49.2. The Morgan fingerprint density at radius 1 is 0.450 bits per heavy atom. The first kappa shape index (κ1) is 101. The average Bonchev–Trinajstić information content (AvgIpc) is 1.49. The number of ketones is 6. The number of aliphatic hydroxyl groups excluding tert-OH is 7. The predicted octanol–water partition coefficient (Wildman–Crippen LogP) is 14.7. The summed E-state index contributed by atoms with van der Waals surface area (Å²) in [5.41, 5.74) is 6.57. The lowest BCUT2D eigenvalue weighted by Gasteiger charge is -2.62. The topological polar surface area (TPSA) is 409 Å². The van der Waals surface area contributed by atoms with Gasteiger partial charge in [-0.1, -0.05) is 165 Å². The molecule has 0 unspecified atom stereocenters. The number of amides is 1. The van der Waals surface area contributed by atoms with Crippen LogP contribution in [0, 0.1) is 68.0 Å². The molecule has 6 aromatic rings. The van der Waals surface area contributed by atoms with Crippen molar-refractivity contribution in [2.75, 3.05) is 36.6 Å². The van der Waals surface area contributed by atoms with Crippen LogP contribution >= 0.6 is 0 Å². The van der Waals surface area contributed by atoms with Crippen LogP contribution in [0.25, 0.3) is 0 Å². The number of halogens is 3. The van der Waals surface area contributed by atoms with Crippen molar-refractivity contribution in [1.82, 2.24) is 0 Å². The number of ether oxygens (including phenoxy) is 5. The zero-order valence-corrected chi connectivity index (χ0v) is 80.7. The molecule has 2 saturated heterocycles. The summed E-state index contributed by atoms with van der Waals surface area (Å²) < 4.78 is 83.3. The summed E-state index contributed by atoms with van der Waals surface area (Å²) in [6.07, 6.45) is 13.2. The Kier molecular flexibility index (Phi) is 27.0. The fourth-order valence-electron chi connectivity index (χ4n) is 28.3. The molecule has 0 spiro atoms. The summed E-state index contributed by atoms with van der Waals surface area (Å²) in [7, 11) is 0. The number of aldehydes is 1. The Morgan fingerprint density at radius 2 is 0.793 bits per heavy atom. The van der Waals surface area contributed by atoms with Crippen LogP contribution in [0.2, 0.25) is 0 Å². The molecule has 26 atom stereocenters. The van der Waals surface area contributed by atoms with Gasteiger partial charge in [-0.3, -0.25) is 38.9 Å². The molecule has 14 aliphatic rings. The molecule has 1 amide bonds. The third kappa shape index (κ3) is 16.4. The zero-order chi connectivity index (χ0) is 100. The Hall–Kier alpha value is -10.4. The Balaban J connectivity index is 0.000000133. The second-order valence-corrected chi connectivity index (χ2v) is 43.8. The van der Waals surface area contributed by atoms with E-state index in [0.717, 1.165) is 101 Å². The number of hydrogen-bond acceptors (Lipinski definition) is 23. The van der Waals surface area contributed by atoms with E-state index in [1.54, 1.807) is 39.8 Å². The molecular weight excluding hydrogens is 1790 g/mol. The Morgan fingerprint density at radius 3 is 1.15 bits per heavy atom. The lowest BCUT2D eigenvalue weighted by Crippen LogP contribution is -2.69. The summed E-state index contributed by atoms with van der Waals surface area (Å²) in [6, 6.07) is 46.8. The number of hydrogen-bond donors (Lipinski definition) is 11. The van der Waals surface area contributed by atoms with Gasteiger partial charge < -0.3 is 76.0 Å². The van der Waals surface area contributed by atoms with E-state index in [0.29, 0.717) is 73.6 Å². The fourth-order valence-corrected chi connectivity index (χ4v) is 28.3. The van der Waals surface area contributed by atoms with E-state index >= 15 is 13.2 Å². The summed E-state index contributed by atoms with van der Waals surface area (Å²) in [6.45, 7) is 13.7. The van der Waals surface area contributed by atoms with Gasteiger partial charge in [0, 0.05) is 84.0 Å². The summed E-state index contributed by atoms with van der Waals surface area (Å²) in [5.74, 6) is -5.57. The second-order valence-electron chi connectivity index (χ2n) is 43.8. The van der Waals surface area contributed by atoms with Crippen molar-refractivity contribution in [2.24, 2.45) is 68.0 Å². The van der Waals surface area contributed by atoms with E-state index in [1.165, 1.54) is 48.1 Å². The molecular formula is C113H130F3N3O21. The van der Waals surface area contributed by atoms with Crippen LogP contribution in [0.15, 0.2) is 217 Å². The Bertz CT molecular complexity index is 5820. The van der Waals surface area contributed by atoms with Crippen molar-refractivity contribution in [1.29, 1.82) is 0 Å². The van der Waals surface area contributed by atoms with Gasteiger partial charge in [0.1, 0.15) is 31.7 Å². The number of nitrogens with two attached hydrogens (primary N) is 2. The van der Waals surface area contributed by atoms with E-state index < -0.39 is 188 Å². The molecule has 744 valence electrons. The molecule has 0 bridgehead atoms. The first-order chi connectivity index (χ1) is 66.2. The van der Waals surface area contributed by atoms with Crippen LogP contribution in [-0.2, 0) is 91.0 Å². The number of carbonyl (C=O) groups excluding carboxylic acids is 8. The van der Waals surface area contributed by atoms with Crippen LogP contribution in [0.1, 0.15) is 207 Å². The second kappa shape index (κ2) is 37.4. The standard InChI is InChI=1S/2C36H40FNO6.C21H27FO6.C20H23NO3/c2*1-33-15-14-26(40)17-24(33)12-13-27-28-18-31-36(30(42)20-39,34(28,2)19-29(41)35(27,33)37)44-32(43-31)23-10-8-21(9-11-23)6-7-22-4-3-5-25(38)16-22;1-18-6-5-12(24)7-11(18)3-4-13-14-8-15(25)21(28,17(27)10-23)19(14,2)9-16(26)20(13,18)22;1-20(2,3)24-19(23)21-18-6-4-5-16(13-18)10-7-15-8-11-17(14-22)12-9-15/h2*3-5,8-11,14-17,27-29,31-32,39,41H,6-7,12-13,18-20,38H2,1-2H3;5-7,13-16,23,25-26,28H,3-4,8-10H2,1-2H3;4-6,8-9,11-14H,7,10H2,1-3H3,(H,21,23)/t27-,28-,29-,31+,32+,33-,34-,35-,36+;27-,28-,29-,31+,32-,33-,34-,35-,36+;13-,14-,15+,16-,18-,19-,20-,21-;/m000./s1. The number of allylic oxidation sites excluding steroid dienone is 12. The molecule has 140 heavy (non-hydrogen) atoms. The SMILES string of the molecule is CC(C)(C)OC(=O)Nc1cccc(CCc2ccc(C=O)cc2)c1.C[C@]12C=CC(=O)C=C1CC[C@H]1[C@@H]3C[C@@H](O)[C@](O)(C(=O)CO)[C@@]3(C)C[C@H](O)[C@@]12F.C[C@]12C=CC(=O)C=C1CC[C@H]1[C@@H]3C[C@H]4O[C@@H](c5ccc(CCc6cccc(N)c6)cc5)O[C@@]4(C(=O)CO)[C@@]3(C)C[C@H](O)[C@@]12F.C[C@]12C=CC(=O)C=C1CC[C@H]1[C@@H]3C[C@H]4O[C@H](c5ccc(CCc6cccc(N)c6)cc5)O[C@@]4(C(=O)CO)[C@@]3(C)C[C@H](O)[C@@]12F. The molecule has 0 aromatic heterocycles. The number of carbonyl (C=O) groups is 8. The highest BCUT2D eigenvalue weighted by molar-refractivity contribution is 6.03. The van der Waals surface area contributed by atoms with Gasteiger partial charge in [-0.2, -0.15) is 0 Å². The third-order valence-corrected chi connectivity index (χ3v) is 35.5. The van der Waals surface area contributed by atoms with Gasteiger partial charge in [0.2, 0.25) is 0 Å². The number of Topliss-reactive ketones (excluding diaryl/α,β-unsaturated/α-hetero) is 3. The number of fused-ring (bicyclic) bond motifs is 19. The highest BCUT2D eigenvalue weighted by Crippen LogP contribution is 2.76. The third-order valence-electron chi connectivity index (χ3n) is 35.5. The van der Waals surface area contributed by atoms with Gasteiger partial charge in [0.15, 0.2) is 81.1 Å². The zero-order valence-electron chi connectivity index (χ0n) is 80.7. The molecule has 12 aliphatic carbocycles. The van der Waals surface area contributed by atoms with E-state index in [9.17, 15) is 79.2 Å². The summed E-state index contributed by atoms with van der Waals surface area (Å²) >= 11 is 0. The Labute approximate surface area is 814 Å². The number of nitrogen functional groups attached to an aromatic ring is 2. The van der Waals surface area contributed by atoms with Crippen LogP contribution in [0.5, 0.6) is 0 Å². The van der Waals surface area contributed by atoms with Gasteiger partial charge in [-0.15, -0.1) is 0 Å². The largest absolute Gasteiger partial charge is 0.444 e. The van der Waals surface area contributed by atoms with Crippen LogP contribution in [0.3, 0.4) is 0 Å². The highest BCUT2D eigenvalue weighted by Gasteiger charge is 2.83. The number of anilines is 3. The van der Waals surface area contributed by atoms with Crippen LogP contribution < -0.4 is 16.8 Å². The van der Waals surface area contributed by atoms with Crippen molar-refractivity contribution >= 4 is 64.1 Å². The first-order valence-corrected chi connectivity index (χ1v) is 49.2. The van der Waals surface area contributed by atoms with E-state index in [4.69, 9.17) is 35.2 Å².